The van der Waals surface area contributed by atoms with Crippen LogP contribution in [0.1, 0.15) is 134 Å². The van der Waals surface area contributed by atoms with Crippen molar-refractivity contribution in [2.24, 2.45) is 0 Å². The number of alkyl carbamates (subject to hydrolysis) is 2. The van der Waals surface area contributed by atoms with Gasteiger partial charge in [-0.2, -0.15) is 0 Å². The van der Waals surface area contributed by atoms with Gasteiger partial charge in [0.2, 0.25) is 0 Å². The Hall–Kier alpha value is -2.82. The molecule has 0 saturated heterocycles. The van der Waals surface area contributed by atoms with E-state index < -0.39 is 18.3 Å². The summed E-state index contributed by atoms with van der Waals surface area (Å²) in [5.74, 6) is 0.814. The molecule has 0 spiro atoms. The molecule has 0 fully saturated rings. The molecule has 2 N–H and O–H groups in total. The van der Waals surface area contributed by atoms with Gasteiger partial charge in [0.05, 0.1) is 5.01 Å². The summed E-state index contributed by atoms with van der Waals surface area (Å²) >= 11 is 1.60. The fourth-order valence-electron chi connectivity index (χ4n) is 5.02. The van der Waals surface area contributed by atoms with Crippen molar-refractivity contribution in [1.29, 1.82) is 0 Å². The first-order chi connectivity index (χ1) is 22.0. The third-order valence-electron chi connectivity index (χ3n) is 7.75. The largest absolute Gasteiger partial charge is 0.465 e. The number of nitrogens with zero attached hydrogens (tertiary/aromatic N) is 2. The highest BCUT2D eigenvalue weighted by atomic mass is 32.1. The highest BCUT2D eigenvalue weighted by molar-refractivity contribution is 7.09. The molecule has 2 amide bonds. The second-order valence-electron chi connectivity index (χ2n) is 11.8. The molecule has 0 saturated carbocycles. The fraction of sp³-hybridized carbons (Fsp3) is 0.765. The minimum atomic E-state index is -0.743. The maximum Gasteiger partial charge on any atom is 0.407 e. The van der Waals surface area contributed by atoms with E-state index >= 15 is 0 Å². The van der Waals surface area contributed by atoms with E-state index in [1.165, 1.54) is 83.5 Å². The Bertz CT molecular complexity index is 1000. The smallest absolute Gasteiger partial charge is 0.407 e. The number of aryl methyl sites for hydroxylation is 2. The minimum Gasteiger partial charge on any atom is -0.465 e. The van der Waals surface area contributed by atoms with E-state index in [9.17, 15) is 9.59 Å². The van der Waals surface area contributed by atoms with E-state index in [1.807, 2.05) is 12.3 Å². The van der Waals surface area contributed by atoms with Crippen LogP contribution in [0.25, 0.3) is 0 Å². The van der Waals surface area contributed by atoms with Crippen LogP contribution in [0.4, 0.5) is 9.59 Å². The zero-order valence-electron chi connectivity index (χ0n) is 28.0. The van der Waals surface area contributed by atoms with Crippen LogP contribution < -0.4 is 15.4 Å². The van der Waals surface area contributed by atoms with Crippen LogP contribution in [0, 0.1) is 6.92 Å². The lowest BCUT2D eigenvalue weighted by molar-refractivity contribution is 0.0316. The lowest BCUT2D eigenvalue weighted by atomic mass is 10.0. The van der Waals surface area contributed by atoms with Crippen LogP contribution in [0.5, 0.6) is 5.88 Å². The average Bonchev–Trinajstić information content (AvgIpc) is 3.71. The van der Waals surface area contributed by atoms with Gasteiger partial charge in [-0.05, 0) is 31.3 Å². The van der Waals surface area contributed by atoms with Crippen LogP contribution in [0.2, 0.25) is 0 Å². The number of carbonyl (C=O) groups excluding carboxylic acids is 2. The van der Waals surface area contributed by atoms with E-state index in [-0.39, 0.29) is 25.1 Å². The molecule has 0 aromatic carbocycles. The summed E-state index contributed by atoms with van der Waals surface area (Å²) in [4.78, 5) is 29.1. The van der Waals surface area contributed by atoms with Gasteiger partial charge in [-0.15, -0.1) is 11.3 Å². The van der Waals surface area contributed by atoms with Crippen molar-refractivity contribution in [2.45, 2.75) is 148 Å². The van der Waals surface area contributed by atoms with Crippen LogP contribution in [-0.2, 0) is 15.9 Å². The van der Waals surface area contributed by atoms with Crippen molar-refractivity contribution in [1.82, 2.24) is 20.8 Å². The Morgan fingerprint density at radius 3 is 2.00 bits per heavy atom. The van der Waals surface area contributed by atoms with Crippen LogP contribution in [0.15, 0.2) is 22.2 Å². The molecule has 0 aliphatic heterocycles. The number of thiazole rings is 1. The molecule has 0 aliphatic carbocycles. The number of nitrogens with one attached hydrogen (secondary N) is 2. The second kappa shape index (κ2) is 25.4. The molecule has 45 heavy (non-hydrogen) atoms. The van der Waals surface area contributed by atoms with Gasteiger partial charge in [-0.3, -0.25) is 0 Å². The summed E-state index contributed by atoms with van der Waals surface area (Å²) < 4.78 is 21.6. The van der Waals surface area contributed by atoms with Crippen LogP contribution >= 0.6 is 11.3 Å². The lowest BCUT2D eigenvalue weighted by Gasteiger charge is -2.20. The van der Waals surface area contributed by atoms with E-state index in [1.54, 1.807) is 30.5 Å². The summed E-state index contributed by atoms with van der Waals surface area (Å²) in [5, 5.41) is 12.5. The monoisotopic (exact) mass is 650 g/mol. The molecule has 2 rings (SSSR count). The third kappa shape index (κ3) is 20.0. The summed E-state index contributed by atoms with van der Waals surface area (Å²) in [6.45, 7) is 6.36. The number of rotatable bonds is 27. The van der Waals surface area contributed by atoms with Gasteiger partial charge in [-0.25, -0.2) is 14.6 Å². The highest BCUT2D eigenvalue weighted by Gasteiger charge is 2.20. The predicted octanol–water partition coefficient (Wildman–Crippen LogP) is 8.92. The summed E-state index contributed by atoms with van der Waals surface area (Å²) in [5.41, 5.74) is 0. The van der Waals surface area contributed by atoms with Gasteiger partial charge >= 0.3 is 12.2 Å². The van der Waals surface area contributed by atoms with Gasteiger partial charge in [0, 0.05) is 36.7 Å². The van der Waals surface area contributed by atoms with E-state index in [0.29, 0.717) is 12.3 Å². The Balaban J connectivity index is 1.55. The minimum absolute atomic E-state index is 0.0410. The summed E-state index contributed by atoms with van der Waals surface area (Å²) in [6, 6.07) is 1.58. The van der Waals surface area contributed by atoms with Crippen LogP contribution in [-0.4, -0.2) is 54.2 Å². The lowest BCUT2D eigenvalue weighted by Crippen LogP contribution is -2.39. The molecule has 2 unspecified atom stereocenters. The van der Waals surface area contributed by atoms with Crippen molar-refractivity contribution in [3.8, 4) is 5.88 Å². The Labute approximate surface area is 274 Å². The molecule has 2 heterocycles. The van der Waals surface area contributed by atoms with Crippen molar-refractivity contribution in [2.75, 3.05) is 19.8 Å². The third-order valence-corrected chi connectivity index (χ3v) is 8.59. The molecule has 2 atom stereocenters. The number of unbranched alkanes of at least 4 members (excludes halogenated alkanes) is 14. The molecule has 0 bridgehead atoms. The predicted molar refractivity (Wildman–Crippen MR) is 179 cm³/mol. The van der Waals surface area contributed by atoms with Gasteiger partial charge in [0.1, 0.15) is 19.0 Å². The Kier molecular flexibility index (Phi) is 21.6. The summed E-state index contributed by atoms with van der Waals surface area (Å²) in [7, 11) is 0. The van der Waals surface area contributed by atoms with E-state index in [4.69, 9.17) is 18.7 Å². The molecule has 0 radical (unpaired) electrons. The van der Waals surface area contributed by atoms with Crippen LogP contribution in [0.3, 0.4) is 0 Å². The van der Waals surface area contributed by atoms with Crippen molar-refractivity contribution < 1.29 is 28.3 Å². The van der Waals surface area contributed by atoms with Crippen molar-refractivity contribution in [3.05, 3.63) is 28.4 Å². The first kappa shape index (κ1) is 38.4. The molecule has 2 aromatic heterocycles. The first-order valence-corrected chi connectivity index (χ1v) is 18.2. The van der Waals surface area contributed by atoms with Crippen molar-refractivity contribution >= 4 is 23.5 Å². The SMILES string of the molecule is CCCCCCCCCCCCCCCCCNC(=O)OCC(COC(=O)NC(CC)CCc1nccs1)Oc1cc(C)on1. The molecule has 11 heteroatoms. The topological polar surface area (TPSA) is 125 Å². The molecule has 2 aromatic rings. The number of aromatic nitrogens is 2. The Morgan fingerprint density at radius 1 is 0.867 bits per heavy atom. The van der Waals surface area contributed by atoms with Gasteiger partial charge in [0.25, 0.3) is 5.88 Å². The normalized spacial score (nSPS) is 12.4. The fourth-order valence-corrected chi connectivity index (χ4v) is 5.66. The molecule has 10 nitrogen and oxygen atoms in total. The average molecular weight is 651 g/mol. The maximum atomic E-state index is 12.5. The van der Waals surface area contributed by atoms with Crippen molar-refractivity contribution in [3.63, 3.8) is 0 Å². The zero-order valence-corrected chi connectivity index (χ0v) is 28.8. The standard InChI is InChI=1S/C34H58N4O6S/c1-4-6-7-8-9-10-11-12-13-14-15-16-17-18-19-22-36-33(39)41-26-30(43-31-25-28(3)44-38-31)27-42-34(40)37-29(5-2)20-21-32-35-23-24-45-32/h23-25,29-30H,4-22,26-27H2,1-3H3,(H,36,39)(H,37,40). The highest BCUT2D eigenvalue weighted by Crippen LogP contribution is 2.15. The van der Waals surface area contributed by atoms with Gasteiger partial charge in [0.15, 0.2) is 6.10 Å². The number of carbonyl (C=O) groups is 2. The van der Waals surface area contributed by atoms with E-state index in [2.05, 4.69) is 27.7 Å². The number of ether oxygens (including phenoxy) is 3. The zero-order chi connectivity index (χ0) is 32.4. The molecule has 256 valence electrons. The van der Waals surface area contributed by atoms with Gasteiger partial charge in [-0.1, -0.05) is 104 Å². The second-order valence-corrected chi connectivity index (χ2v) is 12.8. The first-order valence-electron chi connectivity index (χ1n) is 17.3. The quantitative estimate of drug-likeness (QED) is 0.0919. The van der Waals surface area contributed by atoms with Gasteiger partial charge < -0.3 is 29.4 Å². The van der Waals surface area contributed by atoms with E-state index in [0.717, 1.165) is 37.1 Å². The maximum absolute atomic E-state index is 12.5. The molecular formula is C34H58N4O6S. The Morgan fingerprint density at radius 2 is 1.47 bits per heavy atom. The molecular weight excluding hydrogens is 592 g/mol. The number of hydrogen-bond donors (Lipinski definition) is 2. The summed E-state index contributed by atoms with van der Waals surface area (Å²) in [6.07, 6.45) is 21.8. The number of amides is 2. The number of hydrogen-bond acceptors (Lipinski definition) is 9. The molecule has 0 aliphatic rings.